The van der Waals surface area contributed by atoms with Crippen molar-refractivity contribution in [2.24, 2.45) is 17.6 Å². The average molecular weight is 333 g/mol. The van der Waals surface area contributed by atoms with E-state index >= 15 is 0 Å². The first-order valence-corrected chi connectivity index (χ1v) is 8.31. The predicted molar refractivity (Wildman–Crippen MR) is 87.7 cm³/mol. The topological polar surface area (TPSA) is 72.6 Å². The number of nitrogens with zero attached hydrogens (tertiary/aromatic N) is 1. The first-order chi connectivity index (χ1) is 10.1. The molecule has 0 bridgehead atoms. The minimum atomic E-state index is -0.112. The third-order valence-electron chi connectivity index (χ3n) is 4.87. The van der Waals surface area contributed by atoms with Gasteiger partial charge in [-0.05, 0) is 38.5 Å². The van der Waals surface area contributed by atoms with Gasteiger partial charge in [-0.3, -0.25) is 9.59 Å². The molecule has 2 atom stereocenters. The summed E-state index contributed by atoms with van der Waals surface area (Å²) in [6, 6.07) is 0.180. The van der Waals surface area contributed by atoms with Crippen LogP contribution in [0.5, 0.6) is 0 Å². The van der Waals surface area contributed by atoms with Crippen LogP contribution in [0.2, 0.25) is 0 Å². The number of rotatable bonds is 4. The van der Waals surface area contributed by atoms with Gasteiger partial charge in [-0.25, -0.2) is 0 Å². The maximum absolute atomic E-state index is 12.4. The molecule has 1 saturated heterocycles. The maximum Gasteiger partial charge on any atom is 0.309 e. The zero-order chi connectivity index (χ0) is 15.2. The van der Waals surface area contributed by atoms with Crippen LogP contribution in [-0.2, 0) is 14.3 Å². The number of amides is 1. The lowest BCUT2D eigenvalue weighted by molar-refractivity contribution is -0.151. The molecule has 0 spiro atoms. The summed E-state index contributed by atoms with van der Waals surface area (Å²) in [5.41, 5.74) is 6.12. The largest absolute Gasteiger partial charge is 0.466 e. The minimum absolute atomic E-state index is 0. The monoisotopic (exact) mass is 332 g/mol. The lowest BCUT2D eigenvalue weighted by Crippen LogP contribution is -2.43. The molecule has 2 unspecified atom stereocenters. The van der Waals surface area contributed by atoms with Crippen molar-refractivity contribution in [3.8, 4) is 0 Å². The van der Waals surface area contributed by atoms with Crippen LogP contribution in [0.15, 0.2) is 0 Å². The maximum atomic E-state index is 12.4. The molecule has 6 heteroatoms. The van der Waals surface area contributed by atoms with E-state index in [4.69, 9.17) is 10.5 Å². The number of hydrogen-bond donors (Lipinski definition) is 1. The number of ether oxygens (including phenoxy) is 1. The molecule has 2 aliphatic rings. The van der Waals surface area contributed by atoms with Crippen LogP contribution in [0.3, 0.4) is 0 Å². The quantitative estimate of drug-likeness (QED) is 0.800. The molecular formula is C16H29ClN2O3. The number of halogens is 1. The van der Waals surface area contributed by atoms with E-state index in [9.17, 15) is 9.59 Å². The van der Waals surface area contributed by atoms with Gasteiger partial charge in [0.25, 0.3) is 0 Å². The second kappa shape index (κ2) is 9.36. The number of piperidine rings is 1. The third-order valence-corrected chi connectivity index (χ3v) is 4.87. The zero-order valence-electron chi connectivity index (χ0n) is 13.5. The number of likely N-dealkylation sites (tertiary alicyclic amines) is 1. The van der Waals surface area contributed by atoms with Crippen molar-refractivity contribution in [2.75, 3.05) is 19.7 Å². The van der Waals surface area contributed by atoms with Crippen molar-refractivity contribution >= 4 is 24.3 Å². The predicted octanol–water partition coefficient (Wildman–Crippen LogP) is 2.12. The number of carbonyl (C=O) groups excluding carboxylic acids is 2. The second-order valence-electron chi connectivity index (χ2n) is 6.32. The Morgan fingerprint density at radius 1 is 1.14 bits per heavy atom. The molecule has 1 saturated carbocycles. The molecule has 0 radical (unpaired) electrons. The third kappa shape index (κ3) is 5.13. The highest BCUT2D eigenvalue weighted by Gasteiger charge is 2.30. The van der Waals surface area contributed by atoms with E-state index in [2.05, 4.69) is 0 Å². The lowest BCUT2D eigenvalue weighted by Gasteiger charge is -2.34. The number of carbonyl (C=O) groups is 2. The molecule has 128 valence electrons. The lowest BCUT2D eigenvalue weighted by atomic mass is 9.82. The highest BCUT2D eigenvalue weighted by molar-refractivity contribution is 5.85. The minimum Gasteiger partial charge on any atom is -0.466 e. The fourth-order valence-electron chi connectivity index (χ4n) is 3.47. The summed E-state index contributed by atoms with van der Waals surface area (Å²) in [6.45, 7) is 3.59. The van der Waals surface area contributed by atoms with Gasteiger partial charge in [0.2, 0.25) is 5.91 Å². The fourth-order valence-corrected chi connectivity index (χ4v) is 3.47. The molecule has 0 aromatic carbocycles. The molecule has 5 nitrogen and oxygen atoms in total. The Labute approximate surface area is 139 Å². The van der Waals surface area contributed by atoms with Crippen molar-refractivity contribution < 1.29 is 14.3 Å². The van der Waals surface area contributed by atoms with Gasteiger partial charge in [-0.1, -0.05) is 12.8 Å². The van der Waals surface area contributed by atoms with Crippen LogP contribution in [0.25, 0.3) is 0 Å². The Morgan fingerprint density at radius 3 is 2.36 bits per heavy atom. The zero-order valence-corrected chi connectivity index (χ0v) is 14.3. The van der Waals surface area contributed by atoms with Crippen molar-refractivity contribution in [1.82, 2.24) is 4.90 Å². The summed E-state index contributed by atoms with van der Waals surface area (Å²) in [6.07, 6.45) is 6.52. The van der Waals surface area contributed by atoms with E-state index in [-0.39, 0.29) is 36.2 Å². The molecule has 1 aliphatic heterocycles. The highest BCUT2D eigenvalue weighted by Crippen LogP contribution is 2.27. The molecular weight excluding hydrogens is 304 g/mol. The van der Waals surface area contributed by atoms with Crippen molar-refractivity contribution in [1.29, 1.82) is 0 Å². The highest BCUT2D eigenvalue weighted by atomic mass is 35.5. The van der Waals surface area contributed by atoms with Crippen molar-refractivity contribution in [2.45, 2.75) is 57.9 Å². The van der Waals surface area contributed by atoms with Gasteiger partial charge in [-0.15, -0.1) is 12.4 Å². The number of nitrogens with two attached hydrogens (primary N) is 1. The van der Waals surface area contributed by atoms with Crippen LogP contribution >= 0.6 is 12.4 Å². The van der Waals surface area contributed by atoms with Crippen LogP contribution in [-0.4, -0.2) is 42.5 Å². The van der Waals surface area contributed by atoms with Gasteiger partial charge in [0, 0.05) is 25.6 Å². The summed E-state index contributed by atoms with van der Waals surface area (Å²) < 4.78 is 5.05. The van der Waals surface area contributed by atoms with Crippen LogP contribution < -0.4 is 5.73 Å². The molecule has 2 fully saturated rings. The van der Waals surface area contributed by atoms with E-state index in [1.54, 1.807) is 0 Å². The molecule has 1 amide bonds. The Kier molecular flexibility index (Phi) is 8.18. The van der Waals surface area contributed by atoms with E-state index in [0.29, 0.717) is 32.0 Å². The molecule has 0 aromatic rings. The SMILES string of the molecule is CCOC(=O)C1CCN(C(=O)CC2CCCCC2N)CC1.Cl. The first-order valence-electron chi connectivity index (χ1n) is 8.31. The van der Waals surface area contributed by atoms with Crippen LogP contribution in [0.1, 0.15) is 51.9 Å². The molecule has 2 rings (SSSR count). The standard InChI is InChI=1S/C16H28N2O3.ClH/c1-2-21-16(20)12-7-9-18(10-8-12)15(19)11-13-5-3-4-6-14(13)17;/h12-14H,2-11,17H2,1H3;1H. The summed E-state index contributed by atoms with van der Waals surface area (Å²) in [5.74, 6) is 0.401. The smallest absolute Gasteiger partial charge is 0.309 e. The van der Waals surface area contributed by atoms with Crippen LogP contribution in [0.4, 0.5) is 0 Å². The van der Waals surface area contributed by atoms with Gasteiger partial charge in [0.15, 0.2) is 0 Å². The summed E-state index contributed by atoms with van der Waals surface area (Å²) >= 11 is 0. The Morgan fingerprint density at radius 2 is 1.77 bits per heavy atom. The summed E-state index contributed by atoms with van der Waals surface area (Å²) in [5, 5.41) is 0. The first kappa shape index (κ1) is 19.2. The number of hydrogen-bond acceptors (Lipinski definition) is 4. The van der Waals surface area contributed by atoms with Gasteiger partial charge in [0.1, 0.15) is 0 Å². The molecule has 1 aliphatic carbocycles. The fraction of sp³-hybridized carbons (Fsp3) is 0.875. The Balaban J connectivity index is 0.00000242. The number of esters is 1. The summed E-state index contributed by atoms with van der Waals surface area (Å²) in [7, 11) is 0. The van der Waals surface area contributed by atoms with E-state index in [1.165, 1.54) is 12.8 Å². The average Bonchev–Trinajstić information content (AvgIpc) is 2.50. The molecule has 22 heavy (non-hydrogen) atoms. The van der Waals surface area contributed by atoms with E-state index in [0.717, 1.165) is 25.7 Å². The second-order valence-corrected chi connectivity index (χ2v) is 6.32. The molecule has 1 heterocycles. The van der Waals surface area contributed by atoms with Crippen molar-refractivity contribution in [3.63, 3.8) is 0 Å². The molecule has 2 N–H and O–H groups in total. The van der Waals surface area contributed by atoms with Gasteiger partial charge >= 0.3 is 5.97 Å². The Bertz CT molecular complexity index is 370. The van der Waals surface area contributed by atoms with E-state index in [1.807, 2.05) is 11.8 Å². The van der Waals surface area contributed by atoms with Gasteiger partial charge in [0.05, 0.1) is 12.5 Å². The van der Waals surface area contributed by atoms with Gasteiger partial charge < -0.3 is 15.4 Å². The Hall–Kier alpha value is -0.810. The normalized spacial score (nSPS) is 26.2. The summed E-state index contributed by atoms with van der Waals surface area (Å²) in [4.78, 5) is 26.0. The molecule has 0 aromatic heterocycles. The van der Waals surface area contributed by atoms with Gasteiger partial charge in [-0.2, -0.15) is 0 Å². The van der Waals surface area contributed by atoms with Crippen molar-refractivity contribution in [3.05, 3.63) is 0 Å². The van der Waals surface area contributed by atoms with E-state index < -0.39 is 0 Å². The van der Waals surface area contributed by atoms with Crippen LogP contribution in [0, 0.1) is 11.8 Å².